The molecule has 1 aliphatic heterocycles. The predicted octanol–water partition coefficient (Wildman–Crippen LogP) is 2.99. The van der Waals surface area contributed by atoms with Crippen LogP contribution < -0.4 is 18.9 Å². The first-order valence-corrected chi connectivity index (χ1v) is 10.1. The molecule has 1 aliphatic rings. The summed E-state index contributed by atoms with van der Waals surface area (Å²) in [5.41, 5.74) is 1.05. The molecule has 0 radical (unpaired) electrons. The number of sulfonamides is 1. The van der Waals surface area contributed by atoms with Crippen LogP contribution in [0.5, 0.6) is 17.2 Å². The lowest BCUT2D eigenvalue weighted by molar-refractivity contribution is -0.139. The summed E-state index contributed by atoms with van der Waals surface area (Å²) in [6, 6.07) is 5.91. The van der Waals surface area contributed by atoms with Crippen LogP contribution in [0.4, 0.5) is 5.69 Å². The molecule has 0 bridgehead atoms. The van der Waals surface area contributed by atoms with Crippen LogP contribution in [0.15, 0.2) is 29.2 Å². The molecule has 0 aromatic heterocycles. The first-order chi connectivity index (χ1) is 13.2. The summed E-state index contributed by atoms with van der Waals surface area (Å²) in [6.07, 6.45) is 0. The Morgan fingerprint density at radius 2 is 1.86 bits per heavy atom. The molecular formula is C18H18ClNO7S. The molecule has 0 saturated carbocycles. The highest BCUT2D eigenvalue weighted by molar-refractivity contribution is 7.92. The molecule has 0 amide bonds. The molecule has 1 heterocycles. The van der Waals surface area contributed by atoms with E-state index in [4.69, 9.17) is 30.9 Å². The van der Waals surface area contributed by atoms with Crippen LogP contribution in [0.2, 0.25) is 5.02 Å². The van der Waals surface area contributed by atoms with Gasteiger partial charge in [-0.1, -0.05) is 17.7 Å². The Kier molecular flexibility index (Phi) is 5.57. The van der Waals surface area contributed by atoms with Gasteiger partial charge in [0.25, 0.3) is 10.0 Å². The SMILES string of the molecule is Cc1ccc(S(=O)(=O)Nc2cc3c(cc2Cl)OCCO3)c(C)c1OCC(=O)O. The van der Waals surface area contributed by atoms with E-state index in [0.29, 0.717) is 35.8 Å². The summed E-state index contributed by atoms with van der Waals surface area (Å²) in [4.78, 5) is 10.7. The Labute approximate surface area is 167 Å². The second-order valence-electron chi connectivity index (χ2n) is 6.10. The Morgan fingerprint density at radius 3 is 2.50 bits per heavy atom. The lowest BCUT2D eigenvalue weighted by Gasteiger charge is -2.20. The van der Waals surface area contributed by atoms with E-state index in [2.05, 4.69) is 4.72 Å². The summed E-state index contributed by atoms with van der Waals surface area (Å²) in [7, 11) is -4.03. The Bertz CT molecular complexity index is 1040. The van der Waals surface area contributed by atoms with Gasteiger partial charge in [-0.25, -0.2) is 13.2 Å². The van der Waals surface area contributed by atoms with E-state index < -0.39 is 22.6 Å². The molecule has 0 atom stereocenters. The van der Waals surface area contributed by atoms with E-state index in [-0.39, 0.29) is 21.4 Å². The number of benzene rings is 2. The largest absolute Gasteiger partial charge is 0.486 e. The van der Waals surface area contributed by atoms with Gasteiger partial charge >= 0.3 is 5.97 Å². The number of ether oxygens (including phenoxy) is 3. The van der Waals surface area contributed by atoms with E-state index in [1.165, 1.54) is 18.2 Å². The number of carboxylic acids is 1. The summed E-state index contributed by atoms with van der Waals surface area (Å²) in [6.45, 7) is 3.40. The van der Waals surface area contributed by atoms with Gasteiger partial charge in [-0.05, 0) is 25.5 Å². The second kappa shape index (κ2) is 7.76. The number of aliphatic carboxylic acids is 1. The van der Waals surface area contributed by atoms with Gasteiger partial charge in [0.05, 0.1) is 15.6 Å². The molecule has 0 unspecified atom stereocenters. The van der Waals surface area contributed by atoms with Gasteiger partial charge in [0.1, 0.15) is 19.0 Å². The number of anilines is 1. The number of hydrogen-bond donors (Lipinski definition) is 2. The first-order valence-electron chi connectivity index (χ1n) is 8.26. The topological polar surface area (TPSA) is 111 Å². The molecular weight excluding hydrogens is 410 g/mol. The highest BCUT2D eigenvalue weighted by atomic mass is 35.5. The number of halogens is 1. The van der Waals surface area contributed by atoms with E-state index in [0.717, 1.165) is 0 Å². The van der Waals surface area contributed by atoms with Gasteiger partial charge in [-0.15, -0.1) is 0 Å². The lowest BCUT2D eigenvalue weighted by Crippen LogP contribution is -2.18. The zero-order chi connectivity index (χ0) is 20.5. The fourth-order valence-electron chi connectivity index (χ4n) is 2.80. The van der Waals surface area contributed by atoms with Gasteiger partial charge in [-0.3, -0.25) is 4.72 Å². The van der Waals surface area contributed by atoms with E-state index >= 15 is 0 Å². The maximum Gasteiger partial charge on any atom is 0.341 e. The summed E-state index contributed by atoms with van der Waals surface area (Å²) in [5, 5.41) is 8.97. The molecule has 2 aromatic carbocycles. The standard InChI is InChI=1S/C18H18ClNO7S/c1-10-3-4-16(11(2)18(10)27-9-17(21)22)28(23,24)20-13-8-15-14(7-12(13)19)25-5-6-26-15/h3-4,7-8,20H,5-6,9H2,1-2H3,(H,21,22). The maximum absolute atomic E-state index is 12.9. The minimum Gasteiger partial charge on any atom is -0.486 e. The summed E-state index contributed by atoms with van der Waals surface area (Å²) >= 11 is 6.18. The van der Waals surface area contributed by atoms with Crippen LogP contribution in [0.1, 0.15) is 11.1 Å². The van der Waals surface area contributed by atoms with Crippen molar-refractivity contribution in [2.75, 3.05) is 24.5 Å². The number of carbonyl (C=O) groups is 1. The fraction of sp³-hybridized carbons (Fsp3) is 0.278. The van der Waals surface area contributed by atoms with Crippen LogP contribution in [0.3, 0.4) is 0 Å². The van der Waals surface area contributed by atoms with Gasteiger partial charge in [-0.2, -0.15) is 0 Å². The molecule has 0 fully saturated rings. The number of hydrogen-bond acceptors (Lipinski definition) is 6. The molecule has 0 aliphatic carbocycles. The molecule has 150 valence electrons. The van der Waals surface area contributed by atoms with E-state index in [9.17, 15) is 13.2 Å². The van der Waals surface area contributed by atoms with Crippen LogP contribution in [0, 0.1) is 13.8 Å². The highest BCUT2D eigenvalue weighted by Gasteiger charge is 2.24. The molecule has 3 rings (SSSR count). The zero-order valence-electron chi connectivity index (χ0n) is 15.1. The van der Waals surface area contributed by atoms with Crippen molar-refractivity contribution in [1.29, 1.82) is 0 Å². The number of aryl methyl sites for hydroxylation is 1. The van der Waals surface area contributed by atoms with Crippen LogP contribution in [-0.2, 0) is 14.8 Å². The third-order valence-electron chi connectivity index (χ3n) is 4.06. The minimum absolute atomic E-state index is 0.0514. The molecule has 0 spiro atoms. The summed E-state index contributed by atoms with van der Waals surface area (Å²) in [5.74, 6) is -0.124. The van der Waals surface area contributed by atoms with Gasteiger partial charge in [0.2, 0.25) is 0 Å². The Balaban J connectivity index is 1.95. The van der Waals surface area contributed by atoms with E-state index in [1.54, 1.807) is 19.9 Å². The number of fused-ring (bicyclic) bond motifs is 1. The third-order valence-corrected chi connectivity index (χ3v) is 5.88. The Morgan fingerprint density at radius 1 is 1.21 bits per heavy atom. The van der Waals surface area contributed by atoms with Crippen molar-refractivity contribution in [3.05, 3.63) is 40.4 Å². The highest BCUT2D eigenvalue weighted by Crippen LogP contribution is 2.39. The van der Waals surface area contributed by atoms with E-state index in [1.807, 2.05) is 0 Å². The molecule has 0 saturated heterocycles. The second-order valence-corrected chi connectivity index (χ2v) is 8.16. The number of rotatable bonds is 6. The van der Waals surface area contributed by atoms with Crippen molar-refractivity contribution in [2.45, 2.75) is 18.7 Å². The molecule has 28 heavy (non-hydrogen) atoms. The zero-order valence-corrected chi connectivity index (χ0v) is 16.7. The van der Waals surface area contributed by atoms with Crippen molar-refractivity contribution in [3.63, 3.8) is 0 Å². The lowest BCUT2D eigenvalue weighted by atomic mass is 10.1. The monoisotopic (exact) mass is 427 g/mol. The van der Waals surface area contributed by atoms with Gasteiger partial charge < -0.3 is 19.3 Å². The van der Waals surface area contributed by atoms with Crippen LogP contribution in [0.25, 0.3) is 0 Å². The maximum atomic E-state index is 12.9. The third kappa shape index (κ3) is 4.10. The van der Waals surface area contributed by atoms with Crippen molar-refractivity contribution in [1.82, 2.24) is 0 Å². The van der Waals surface area contributed by atoms with Crippen LogP contribution >= 0.6 is 11.6 Å². The van der Waals surface area contributed by atoms with Crippen molar-refractivity contribution >= 4 is 33.3 Å². The van der Waals surface area contributed by atoms with Crippen molar-refractivity contribution in [2.24, 2.45) is 0 Å². The molecule has 2 aromatic rings. The fourth-order valence-corrected chi connectivity index (χ4v) is 4.37. The average Bonchev–Trinajstić information content (AvgIpc) is 2.61. The first kappa shape index (κ1) is 20.1. The smallest absolute Gasteiger partial charge is 0.341 e. The average molecular weight is 428 g/mol. The van der Waals surface area contributed by atoms with Gasteiger partial charge in [0, 0.05) is 17.7 Å². The molecule has 8 nitrogen and oxygen atoms in total. The van der Waals surface area contributed by atoms with Crippen molar-refractivity contribution < 1.29 is 32.5 Å². The molecule has 2 N–H and O–H groups in total. The number of carboxylic acid groups (broad SMARTS) is 1. The van der Waals surface area contributed by atoms with Gasteiger partial charge in [0.15, 0.2) is 18.1 Å². The molecule has 10 heteroatoms. The minimum atomic E-state index is -4.03. The quantitative estimate of drug-likeness (QED) is 0.728. The van der Waals surface area contributed by atoms with Crippen molar-refractivity contribution in [3.8, 4) is 17.2 Å². The van der Waals surface area contributed by atoms with Crippen LogP contribution in [-0.4, -0.2) is 39.3 Å². The predicted molar refractivity (Wildman–Crippen MR) is 102 cm³/mol. The summed E-state index contributed by atoms with van der Waals surface area (Å²) < 4.78 is 44.4. The normalized spacial score (nSPS) is 13.1. The Hall–Kier alpha value is -2.65. The number of nitrogens with one attached hydrogen (secondary N) is 1.